The number of amides is 1. The fourth-order valence-corrected chi connectivity index (χ4v) is 4.46. The van der Waals surface area contributed by atoms with Crippen molar-refractivity contribution in [1.82, 2.24) is 14.7 Å². The van der Waals surface area contributed by atoms with E-state index in [0.717, 1.165) is 48.0 Å². The smallest absolute Gasteiger partial charge is 0.223 e. The Labute approximate surface area is 180 Å². The molecule has 2 aromatic carbocycles. The number of hydrogen-bond acceptors (Lipinski definition) is 5. The number of piperidine rings is 1. The normalized spacial score (nSPS) is 15.7. The zero-order valence-corrected chi connectivity index (χ0v) is 17.7. The summed E-state index contributed by atoms with van der Waals surface area (Å²) in [6.45, 7) is 3.61. The molecule has 1 aliphatic rings. The zero-order chi connectivity index (χ0) is 20.9. The number of rotatable bonds is 6. The first-order valence-corrected chi connectivity index (χ1v) is 11.0. The third kappa shape index (κ3) is 5.02. The van der Waals surface area contributed by atoms with Crippen molar-refractivity contribution >= 4 is 22.6 Å². The van der Waals surface area contributed by atoms with Gasteiger partial charge in [0.15, 0.2) is 0 Å². The van der Waals surface area contributed by atoms with Crippen LogP contribution in [0.3, 0.4) is 0 Å². The molecule has 0 unspecified atom stereocenters. The fraction of sp³-hybridized carbons (Fsp3) is 0.348. The van der Waals surface area contributed by atoms with E-state index in [1.54, 1.807) is 12.1 Å². The van der Waals surface area contributed by atoms with E-state index in [9.17, 15) is 9.18 Å². The van der Waals surface area contributed by atoms with Crippen LogP contribution in [-0.4, -0.2) is 28.4 Å². The molecule has 0 saturated carbocycles. The number of aromatic nitrogens is 2. The SMILES string of the molecule is C[C@H](NC(=O)C1CCN(c2nc(Cc3ccc(F)cc3)ns2)CC1)c1ccccc1. The van der Waals surface area contributed by atoms with Gasteiger partial charge in [0.25, 0.3) is 0 Å². The third-order valence-electron chi connectivity index (χ3n) is 5.53. The van der Waals surface area contributed by atoms with Crippen LogP contribution in [0.2, 0.25) is 0 Å². The molecule has 0 spiro atoms. The highest BCUT2D eigenvalue weighted by molar-refractivity contribution is 7.09. The van der Waals surface area contributed by atoms with Crippen molar-refractivity contribution in [2.24, 2.45) is 5.92 Å². The van der Waals surface area contributed by atoms with Crippen LogP contribution in [0.1, 0.15) is 42.8 Å². The summed E-state index contributed by atoms with van der Waals surface area (Å²) in [5.41, 5.74) is 2.11. The predicted octanol–water partition coefficient (Wildman–Crippen LogP) is 4.36. The van der Waals surface area contributed by atoms with Gasteiger partial charge in [-0.25, -0.2) is 9.37 Å². The standard InChI is InChI=1S/C23H25FN4OS/c1-16(18-5-3-2-4-6-18)25-22(29)19-11-13-28(14-12-19)23-26-21(27-30-23)15-17-7-9-20(24)10-8-17/h2-10,16,19H,11-15H2,1H3,(H,25,29)/t16-/m0/s1. The van der Waals surface area contributed by atoms with Crippen LogP contribution in [0.25, 0.3) is 0 Å². The molecule has 1 atom stereocenters. The van der Waals surface area contributed by atoms with Gasteiger partial charge < -0.3 is 10.2 Å². The minimum absolute atomic E-state index is 0.00825. The maximum atomic E-state index is 13.1. The van der Waals surface area contributed by atoms with Gasteiger partial charge in [0.1, 0.15) is 11.6 Å². The van der Waals surface area contributed by atoms with Crippen molar-refractivity contribution in [3.05, 3.63) is 77.4 Å². The minimum Gasteiger partial charge on any atom is -0.349 e. The summed E-state index contributed by atoms with van der Waals surface area (Å²) in [6, 6.07) is 16.5. The van der Waals surface area contributed by atoms with E-state index in [0.29, 0.717) is 6.42 Å². The first kappa shape index (κ1) is 20.5. The summed E-state index contributed by atoms with van der Waals surface area (Å²) < 4.78 is 17.5. The van der Waals surface area contributed by atoms with E-state index in [1.807, 2.05) is 37.3 Å². The molecule has 30 heavy (non-hydrogen) atoms. The Morgan fingerprint density at radius 2 is 1.87 bits per heavy atom. The number of anilines is 1. The van der Waals surface area contributed by atoms with Gasteiger partial charge >= 0.3 is 0 Å². The maximum absolute atomic E-state index is 13.1. The Morgan fingerprint density at radius 1 is 1.17 bits per heavy atom. The first-order valence-electron chi connectivity index (χ1n) is 10.3. The molecule has 0 bridgehead atoms. The molecule has 1 aliphatic heterocycles. The lowest BCUT2D eigenvalue weighted by Crippen LogP contribution is -2.41. The zero-order valence-electron chi connectivity index (χ0n) is 16.9. The molecule has 0 aliphatic carbocycles. The molecule has 2 heterocycles. The average Bonchev–Trinajstić information content (AvgIpc) is 3.24. The topological polar surface area (TPSA) is 58.1 Å². The van der Waals surface area contributed by atoms with Crippen LogP contribution in [0.15, 0.2) is 54.6 Å². The largest absolute Gasteiger partial charge is 0.349 e. The van der Waals surface area contributed by atoms with Crippen LogP contribution < -0.4 is 10.2 Å². The second kappa shape index (κ2) is 9.34. The number of nitrogens with zero attached hydrogens (tertiary/aromatic N) is 3. The number of hydrogen-bond donors (Lipinski definition) is 1. The lowest BCUT2D eigenvalue weighted by atomic mass is 9.95. The van der Waals surface area contributed by atoms with Gasteiger partial charge in [-0.3, -0.25) is 4.79 Å². The number of carbonyl (C=O) groups excluding carboxylic acids is 1. The van der Waals surface area contributed by atoms with Crippen LogP contribution in [0.4, 0.5) is 9.52 Å². The maximum Gasteiger partial charge on any atom is 0.223 e. The van der Waals surface area contributed by atoms with Gasteiger partial charge in [-0.1, -0.05) is 42.5 Å². The van der Waals surface area contributed by atoms with Gasteiger partial charge in [0.05, 0.1) is 6.04 Å². The number of halogens is 1. The van der Waals surface area contributed by atoms with Crippen molar-refractivity contribution in [1.29, 1.82) is 0 Å². The van der Waals surface area contributed by atoms with Gasteiger partial charge in [-0.15, -0.1) is 0 Å². The van der Waals surface area contributed by atoms with Crippen molar-refractivity contribution < 1.29 is 9.18 Å². The Hall–Kier alpha value is -2.80. The molecule has 1 N–H and O–H groups in total. The summed E-state index contributed by atoms with van der Waals surface area (Å²) in [5, 5.41) is 4.04. The van der Waals surface area contributed by atoms with Crippen molar-refractivity contribution in [2.45, 2.75) is 32.2 Å². The Kier molecular flexibility index (Phi) is 6.38. The number of carbonyl (C=O) groups is 1. The average molecular weight is 425 g/mol. The van der Waals surface area contributed by atoms with Gasteiger partial charge in [-0.05, 0) is 43.0 Å². The molecule has 7 heteroatoms. The molecule has 156 valence electrons. The van der Waals surface area contributed by atoms with E-state index in [-0.39, 0.29) is 23.7 Å². The highest BCUT2D eigenvalue weighted by Gasteiger charge is 2.27. The summed E-state index contributed by atoms with van der Waals surface area (Å²) in [7, 11) is 0. The monoisotopic (exact) mass is 424 g/mol. The van der Waals surface area contributed by atoms with Crippen LogP contribution >= 0.6 is 11.5 Å². The van der Waals surface area contributed by atoms with Gasteiger partial charge in [-0.2, -0.15) is 4.37 Å². The number of nitrogens with one attached hydrogen (secondary N) is 1. The molecule has 1 saturated heterocycles. The minimum atomic E-state index is -0.240. The fourth-order valence-electron chi connectivity index (χ4n) is 3.72. The van der Waals surface area contributed by atoms with Crippen LogP contribution in [0.5, 0.6) is 0 Å². The highest BCUT2D eigenvalue weighted by Crippen LogP contribution is 2.26. The molecule has 3 aromatic rings. The molecule has 1 aromatic heterocycles. The second-order valence-corrected chi connectivity index (χ2v) is 8.43. The highest BCUT2D eigenvalue weighted by atomic mass is 32.1. The van der Waals surface area contributed by atoms with E-state index in [1.165, 1.54) is 23.7 Å². The molecule has 4 rings (SSSR count). The van der Waals surface area contributed by atoms with E-state index >= 15 is 0 Å². The lowest BCUT2D eigenvalue weighted by molar-refractivity contribution is -0.126. The first-order chi connectivity index (χ1) is 14.6. The van der Waals surface area contributed by atoms with Crippen molar-refractivity contribution in [3.8, 4) is 0 Å². The summed E-state index contributed by atoms with van der Waals surface area (Å²) in [6.07, 6.45) is 2.20. The number of benzene rings is 2. The van der Waals surface area contributed by atoms with Gasteiger partial charge in [0, 0.05) is 37.0 Å². The Bertz CT molecular complexity index is 968. The quantitative estimate of drug-likeness (QED) is 0.639. The van der Waals surface area contributed by atoms with Crippen LogP contribution in [0, 0.1) is 11.7 Å². The summed E-state index contributed by atoms with van der Waals surface area (Å²) in [4.78, 5) is 19.5. The molecule has 1 fully saturated rings. The lowest BCUT2D eigenvalue weighted by Gasteiger charge is -2.31. The van der Waals surface area contributed by atoms with E-state index < -0.39 is 0 Å². The van der Waals surface area contributed by atoms with E-state index in [4.69, 9.17) is 0 Å². The van der Waals surface area contributed by atoms with E-state index in [2.05, 4.69) is 19.6 Å². The molecule has 5 nitrogen and oxygen atoms in total. The molecule has 0 radical (unpaired) electrons. The molecular formula is C23H25FN4OS. The second-order valence-electron chi connectivity index (χ2n) is 7.70. The summed E-state index contributed by atoms with van der Waals surface area (Å²) in [5.74, 6) is 0.660. The Morgan fingerprint density at radius 3 is 2.57 bits per heavy atom. The molecular weight excluding hydrogens is 399 g/mol. The van der Waals surface area contributed by atoms with Crippen molar-refractivity contribution in [2.75, 3.05) is 18.0 Å². The summed E-state index contributed by atoms with van der Waals surface area (Å²) >= 11 is 1.39. The Balaban J connectivity index is 1.28. The van der Waals surface area contributed by atoms with Crippen LogP contribution in [-0.2, 0) is 11.2 Å². The van der Waals surface area contributed by atoms with Gasteiger partial charge in [0.2, 0.25) is 11.0 Å². The third-order valence-corrected chi connectivity index (χ3v) is 6.34. The van der Waals surface area contributed by atoms with Crippen molar-refractivity contribution in [3.63, 3.8) is 0 Å². The predicted molar refractivity (Wildman–Crippen MR) is 117 cm³/mol. The molecule has 1 amide bonds.